The van der Waals surface area contributed by atoms with Crippen LogP contribution in [0, 0.1) is 5.82 Å². The molecule has 0 radical (unpaired) electrons. The molecule has 1 aromatic heterocycles. The van der Waals surface area contributed by atoms with Crippen molar-refractivity contribution in [3.05, 3.63) is 33.9 Å². The number of rotatable bonds is 2. The Kier molecular flexibility index (Phi) is 3.87. The van der Waals surface area contributed by atoms with Crippen LogP contribution in [0.4, 0.5) is 10.1 Å². The molecule has 7 nitrogen and oxygen atoms in total. The number of hydrogen-bond acceptors (Lipinski definition) is 5. The van der Waals surface area contributed by atoms with E-state index in [9.17, 15) is 19.1 Å². The maximum Gasteiger partial charge on any atom is 0.341 e. The van der Waals surface area contributed by atoms with E-state index in [2.05, 4.69) is 4.90 Å². The minimum Gasteiger partial charge on any atom is -0.487 e. The van der Waals surface area contributed by atoms with Crippen LogP contribution in [0.5, 0.6) is 5.75 Å². The lowest BCUT2D eigenvalue weighted by Gasteiger charge is -2.37. The van der Waals surface area contributed by atoms with Crippen molar-refractivity contribution in [2.75, 3.05) is 44.7 Å². The van der Waals surface area contributed by atoms with Crippen LogP contribution in [0.1, 0.15) is 23.3 Å². The standard InChI is InChI=1S/C18H20FN3O4/c1-10-9-26-17-14-11(16(23)12(18(24)25)8-22(10)14)7-13(19)15(17)21-5-3-20(2)4-6-21/h7-8,10H,3-6,9H2,1-2H3,(H,24,25)/i19-1. The van der Waals surface area contributed by atoms with Crippen LogP contribution in [-0.2, 0) is 0 Å². The number of anilines is 1. The Morgan fingerprint density at radius 3 is 2.65 bits per heavy atom. The molecule has 1 saturated heterocycles. The SMILES string of the molecule is CC1COc2c(N3CCN(C)CC3)c([18F])cc3c(=O)c(C(=O)O)cn1c23. The largest absolute Gasteiger partial charge is 0.487 e. The Bertz CT molecular complexity index is 963. The van der Waals surface area contributed by atoms with Crippen LogP contribution >= 0.6 is 0 Å². The van der Waals surface area contributed by atoms with Gasteiger partial charge in [-0.05, 0) is 20.0 Å². The summed E-state index contributed by atoms with van der Waals surface area (Å²) in [6, 6.07) is 0.994. The zero-order valence-electron chi connectivity index (χ0n) is 14.7. The van der Waals surface area contributed by atoms with Gasteiger partial charge in [0.25, 0.3) is 0 Å². The second-order valence-corrected chi connectivity index (χ2v) is 6.97. The fraction of sp³-hybridized carbons (Fsp3) is 0.444. The highest BCUT2D eigenvalue weighted by Crippen LogP contribution is 2.42. The minimum absolute atomic E-state index is 0.0434. The molecule has 8 heteroatoms. The Labute approximate surface area is 149 Å². The smallest absolute Gasteiger partial charge is 0.341 e. The second-order valence-electron chi connectivity index (χ2n) is 6.97. The zero-order valence-corrected chi connectivity index (χ0v) is 14.7. The quantitative estimate of drug-likeness (QED) is 0.876. The van der Waals surface area contributed by atoms with Crippen LogP contribution in [0.15, 0.2) is 17.1 Å². The number of carboxylic acid groups (broad SMARTS) is 1. The van der Waals surface area contributed by atoms with E-state index in [0.717, 1.165) is 19.2 Å². The fourth-order valence-corrected chi connectivity index (χ4v) is 3.69. The maximum absolute atomic E-state index is 15.0. The summed E-state index contributed by atoms with van der Waals surface area (Å²) in [5.41, 5.74) is -0.224. The molecule has 26 heavy (non-hydrogen) atoms. The van der Waals surface area contributed by atoms with Crippen molar-refractivity contribution in [2.45, 2.75) is 13.0 Å². The molecule has 0 bridgehead atoms. The van der Waals surface area contributed by atoms with Gasteiger partial charge in [-0.15, -0.1) is 0 Å². The van der Waals surface area contributed by atoms with Crippen LogP contribution in [0.3, 0.4) is 0 Å². The van der Waals surface area contributed by atoms with Crippen LogP contribution in [0.2, 0.25) is 0 Å². The molecule has 0 spiro atoms. The van der Waals surface area contributed by atoms with Gasteiger partial charge < -0.3 is 24.2 Å². The third-order valence-electron chi connectivity index (χ3n) is 5.19. The summed E-state index contributed by atoms with van der Waals surface area (Å²) in [4.78, 5) is 28.1. The predicted octanol–water partition coefficient (Wildman–Crippen LogP) is 1.54. The highest BCUT2D eigenvalue weighted by molar-refractivity contribution is 5.97. The molecule has 0 saturated carbocycles. The summed E-state index contributed by atoms with van der Waals surface area (Å²) in [5, 5.41) is 9.36. The number of pyridine rings is 1. The molecule has 1 unspecified atom stereocenters. The number of aromatic nitrogens is 1. The third kappa shape index (κ3) is 2.44. The molecule has 1 atom stereocenters. The average Bonchev–Trinajstić information content (AvgIpc) is 2.60. The van der Waals surface area contributed by atoms with Gasteiger partial charge in [0.05, 0.1) is 16.9 Å². The first-order chi connectivity index (χ1) is 12.4. The number of hydrogen-bond donors (Lipinski definition) is 1. The summed E-state index contributed by atoms with van der Waals surface area (Å²) in [6.45, 7) is 5.08. The van der Waals surface area contributed by atoms with E-state index < -0.39 is 17.2 Å². The van der Waals surface area contributed by atoms with Gasteiger partial charge in [-0.2, -0.15) is 0 Å². The number of benzene rings is 1. The molecule has 3 heterocycles. The highest BCUT2D eigenvalue weighted by Gasteiger charge is 2.30. The Morgan fingerprint density at radius 1 is 1.31 bits per heavy atom. The van der Waals surface area contributed by atoms with Crippen molar-refractivity contribution in [3.63, 3.8) is 0 Å². The predicted molar refractivity (Wildman–Crippen MR) is 95.0 cm³/mol. The van der Waals surface area contributed by atoms with Crippen molar-refractivity contribution in [2.24, 2.45) is 0 Å². The molecule has 0 aliphatic carbocycles. The Hall–Kier alpha value is -2.61. The van der Waals surface area contributed by atoms with E-state index in [1.165, 1.54) is 6.20 Å². The summed E-state index contributed by atoms with van der Waals surface area (Å²) in [6.07, 6.45) is 1.34. The van der Waals surface area contributed by atoms with Crippen molar-refractivity contribution in [3.8, 4) is 5.75 Å². The molecule has 4 rings (SSSR count). The number of carboxylic acids is 1. The van der Waals surface area contributed by atoms with E-state index in [1.807, 2.05) is 18.9 Å². The normalized spacial score (nSPS) is 20.3. The zero-order chi connectivity index (χ0) is 18.6. The first kappa shape index (κ1) is 16.8. The van der Waals surface area contributed by atoms with Gasteiger partial charge in [0, 0.05) is 32.4 Å². The van der Waals surface area contributed by atoms with E-state index in [-0.39, 0.29) is 23.6 Å². The molecular formula is C18H20FN3O4. The molecule has 138 valence electrons. The van der Waals surface area contributed by atoms with E-state index >= 15 is 0 Å². The van der Waals surface area contributed by atoms with Crippen molar-refractivity contribution in [1.82, 2.24) is 9.47 Å². The van der Waals surface area contributed by atoms with Gasteiger partial charge >= 0.3 is 5.97 Å². The Morgan fingerprint density at radius 2 is 2.00 bits per heavy atom. The first-order valence-electron chi connectivity index (χ1n) is 8.59. The van der Waals surface area contributed by atoms with Gasteiger partial charge in [-0.25, -0.2) is 9.18 Å². The fourth-order valence-electron chi connectivity index (χ4n) is 3.69. The number of carbonyl (C=O) groups is 1. The van der Waals surface area contributed by atoms with Crippen molar-refractivity contribution in [1.29, 1.82) is 0 Å². The summed E-state index contributed by atoms with van der Waals surface area (Å²) in [7, 11) is 2.02. The molecule has 1 fully saturated rings. The van der Waals surface area contributed by atoms with Gasteiger partial charge in [0.15, 0.2) is 11.6 Å². The van der Waals surface area contributed by atoms with Crippen molar-refractivity contribution >= 4 is 22.6 Å². The van der Waals surface area contributed by atoms with Gasteiger partial charge in [0.2, 0.25) is 5.43 Å². The van der Waals surface area contributed by atoms with Gasteiger partial charge in [-0.3, -0.25) is 4.79 Å². The molecule has 2 aliphatic rings. The minimum atomic E-state index is -1.32. The molecular weight excluding hydrogens is 340 g/mol. The summed E-state index contributed by atoms with van der Waals surface area (Å²) < 4.78 is 22.6. The summed E-state index contributed by atoms with van der Waals surface area (Å²) >= 11 is 0. The first-order valence-corrected chi connectivity index (χ1v) is 8.59. The van der Waals surface area contributed by atoms with E-state index in [4.69, 9.17) is 4.74 Å². The topological polar surface area (TPSA) is 75.0 Å². The van der Waals surface area contributed by atoms with E-state index in [1.54, 1.807) is 4.57 Å². The second kappa shape index (κ2) is 5.98. The molecule has 2 aliphatic heterocycles. The third-order valence-corrected chi connectivity index (χ3v) is 5.19. The number of likely N-dealkylation sites (N-methyl/N-ethyl adjacent to an activating group) is 1. The molecule has 0 amide bonds. The number of ether oxygens (including phenoxy) is 1. The van der Waals surface area contributed by atoms with Gasteiger partial charge in [0.1, 0.15) is 17.9 Å². The number of nitrogens with zero attached hydrogens (tertiary/aromatic N) is 3. The lowest BCUT2D eigenvalue weighted by Crippen LogP contribution is -2.45. The van der Waals surface area contributed by atoms with Crippen molar-refractivity contribution < 1.29 is 19.0 Å². The number of aromatic carboxylic acids is 1. The van der Waals surface area contributed by atoms with Gasteiger partial charge in [-0.1, -0.05) is 0 Å². The summed E-state index contributed by atoms with van der Waals surface area (Å²) in [5.74, 6) is -1.54. The number of piperazine rings is 1. The van der Waals surface area contributed by atoms with Crippen LogP contribution in [-0.4, -0.2) is 60.4 Å². The number of halogens is 1. The van der Waals surface area contributed by atoms with E-state index in [0.29, 0.717) is 30.0 Å². The highest BCUT2D eigenvalue weighted by atomic mass is 18.2. The maximum atomic E-state index is 15.0. The Balaban J connectivity index is 2.00. The molecule has 1 aromatic carbocycles. The van der Waals surface area contributed by atoms with Crippen LogP contribution in [0.25, 0.3) is 10.9 Å². The molecule has 2 aromatic rings. The molecule has 1 N–H and O–H groups in total. The monoisotopic (exact) mass is 360 g/mol. The van der Waals surface area contributed by atoms with Crippen LogP contribution < -0.4 is 15.1 Å². The average molecular weight is 360 g/mol. The lowest BCUT2D eigenvalue weighted by atomic mass is 10.1. The lowest BCUT2D eigenvalue weighted by molar-refractivity contribution is 0.0694.